The largest absolute Gasteiger partial charge is 0.344 e. The lowest BCUT2D eigenvalue weighted by atomic mass is 10.1. The minimum atomic E-state index is 0.425. The molecule has 0 unspecified atom stereocenters. The maximum atomic E-state index is 8.57. The number of allylic oxidation sites excluding steroid dienone is 1. The van der Waals surface area contributed by atoms with Crippen molar-refractivity contribution >= 4 is 17.0 Å². The van der Waals surface area contributed by atoms with Crippen LogP contribution in [-0.2, 0) is 0 Å². The fraction of sp³-hybridized carbons (Fsp3) is 0.214. The second kappa shape index (κ2) is 4.24. The highest BCUT2D eigenvalue weighted by molar-refractivity contribution is 5.89. The van der Waals surface area contributed by atoms with Crippen LogP contribution in [0.15, 0.2) is 36.5 Å². The Balaban J connectivity index is 2.68. The monoisotopic (exact) mass is 210 g/mol. The van der Waals surface area contributed by atoms with Gasteiger partial charge in [-0.05, 0) is 26.0 Å². The van der Waals surface area contributed by atoms with Crippen molar-refractivity contribution in [3.8, 4) is 6.07 Å². The maximum Gasteiger partial charge on any atom is 0.0912 e. The summed E-state index contributed by atoms with van der Waals surface area (Å²) < 4.78 is 2.23. The quantitative estimate of drug-likeness (QED) is 0.694. The molecule has 1 heterocycles. The topological polar surface area (TPSA) is 28.7 Å². The molecule has 16 heavy (non-hydrogen) atoms. The van der Waals surface area contributed by atoms with Crippen molar-refractivity contribution in [1.82, 2.24) is 4.57 Å². The van der Waals surface area contributed by atoms with Crippen molar-refractivity contribution in [1.29, 1.82) is 5.26 Å². The van der Waals surface area contributed by atoms with Gasteiger partial charge in [0.15, 0.2) is 0 Å². The third kappa shape index (κ3) is 1.72. The van der Waals surface area contributed by atoms with Crippen molar-refractivity contribution in [2.75, 3.05) is 0 Å². The van der Waals surface area contributed by atoms with E-state index in [2.05, 4.69) is 36.7 Å². The van der Waals surface area contributed by atoms with Gasteiger partial charge in [-0.3, -0.25) is 0 Å². The molecule has 0 atom stereocenters. The zero-order valence-corrected chi connectivity index (χ0v) is 9.51. The molecule has 2 rings (SSSR count). The van der Waals surface area contributed by atoms with Crippen molar-refractivity contribution < 1.29 is 0 Å². The minimum absolute atomic E-state index is 0.425. The lowest BCUT2D eigenvalue weighted by molar-refractivity contribution is 0.622. The number of nitrogens with zero attached hydrogens (tertiary/aromatic N) is 2. The molecule has 0 bridgehead atoms. The Kier molecular flexibility index (Phi) is 2.78. The van der Waals surface area contributed by atoms with Gasteiger partial charge in [0.25, 0.3) is 0 Å². The van der Waals surface area contributed by atoms with Gasteiger partial charge in [0.2, 0.25) is 0 Å². The highest BCUT2D eigenvalue weighted by Gasteiger charge is 2.07. The zero-order valence-electron chi connectivity index (χ0n) is 9.51. The van der Waals surface area contributed by atoms with Crippen LogP contribution in [0.3, 0.4) is 0 Å². The first-order valence-corrected chi connectivity index (χ1v) is 5.40. The minimum Gasteiger partial charge on any atom is -0.344 e. The Morgan fingerprint density at radius 3 is 2.75 bits per heavy atom. The Bertz CT molecular complexity index is 568. The standard InChI is InChI=1S/C14H14N2/c1-11(2)16-10-12(6-5-9-15)13-7-3-4-8-14(13)16/h3-8,10-11H,1-2H3/b6-5+. The number of hydrogen-bond acceptors (Lipinski definition) is 1. The number of aromatic nitrogens is 1. The van der Waals surface area contributed by atoms with Crippen molar-refractivity contribution in [3.05, 3.63) is 42.1 Å². The summed E-state index contributed by atoms with van der Waals surface area (Å²) in [6.45, 7) is 4.31. The van der Waals surface area contributed by atoms with Gasteiger partial charge in [-0.1, -0.05) is 18.2 Å². The van der Waals surface area contributed by atoms with E-state index >= 15 is 0 Å². The van der Waals surface area contributed by atoms with Crippen LogP contribution in [0.5, 0.6) is 0 Å². The number of nitriles is 1. The molecule has 0 saturated carbocycles. The van der Waals surface area contributed by atoms with Crippen LogP contribution in [0.1, 0.15) is 25.5 Å². The zero-order chi connectivity index (χ0) is 11.5. The van der Waals surface area contributed by atoms with Crippen LogP contribution in [-0.4, -0.2) is 4.57 Å². The Morgan fingerprint density at radius 2 is 2.06 bits per heavy atom. The SMILES string of the molecule is CC(C)n1cc(/C=C/C#N)c2ccccc21. The van der Waals surface area contributed by atoms with Crippen molar-refractivity contribution in [3.63, 3.8) is 0 Å². The van der Waals surface area contributed by atoms with Crippen LogP contribution in [0.4, 0.5) is 0 Å². The predicted molar refractivity (Wildman–Crippen MR) is 67.0 cm³/mol. The molecule has 2 aromatic rings. The van der Waals surface area contributed by atoms with Crippen LogP contribution >= 0.6 is 0 Å². The number of benzene rings is 1. The summed E-state index contributed by atoms with van der Waals surface area (Å²) in [4.78, 5) is 0. The predicted octanol–water partition coefficient (Wildman–Crippen LogP) is 3.76. The third-order valence-corrected chi connectivity index (χ3v) is 2.67. The molecule has 1 aromatic carbocycles. The smallest absolute Gasteiger partial charge is 0.0912 e. The molecule has 0 aliphatic heterocycles. The van der Waals surface area contributed by atoms with E-state index < -0.39 is 0 Å². The summed E-state index contributed by atoms with van der Waals surface area (Å²) in [6, 6.07) is 10.7. The average Bonchev–Trinajstić information content (AvgIpc) is 2.65. The lowest BCUT2D eigenvalue weighted by Crippen LogP contribution is -1.97. The van der Waals surface area contributed by atoms with E-state index in [1.807, 2.05) is 24.3 Å². The second-order valence-electron chi connectivity index (χ2n) is 4.07. The van der Waals surface area contributed by atoms with E-state index in [0.29, 0.717) is 6.04 Å². The first-order valence-electron chi connectivity index (χ1n) is 5.40. The normalized spacial score (nSPS) is 11.4. The van der Waals surface area contributed by atoms with E-state index in [-0.39, 0.29) is 0 Å². The number of hydrogen-bond donors (Lipinski definition) is 0. The highest BCUT2D eigenvalue weighted by Crippen LogP contribution is 2.25. The molecule has 1 aromatic heterocycles. The van der Waals surface area contributed by atoms with Gasteiger partial charge in [-0.2, -0.15) is 5.26 Å². The molecular formula is C14H14N2. The highest BCUT2D eigenvalue weighted by atomic mass is 15.0. The molecular weight excluding hydrogens is 196 g/mol. The van der Waals surface area contributed by atoms with Gasteiger partial charge < -0.3 is 4.57 Å². The molecule has 0 aliphatic carbocycles. The van der Waals surface area contributed by atoms with Gasteiger partial charge in [-0.25, -0.2) is 0 Å². The van der Waals surface area contributed by atoms with Crippen molar-refractivity contribution in [2.24, 2.45) is 0 Å². The maximum absolute atomic E-state index is 8.57. The molecule has 0 radical (unpaired) electrons. The third-order valence-electron chi connectivity index (χ3n) is 2.67. The average molecular weight is 210 g/mol. The summed E-state index contributed by atoms with van der Waals surface area (Å²) in [7, 11) is 0. The molecule has 0 N–H and O–H groups in total. The summed E-state index contributed by atoms with van der Waals surface area (Å²) >= 11 is 0. The van der Waals surface area contributed by atoms with Crippen LogP contribution in [0.25, 0.3) is 17.0 Å². The lowest BCUT2D eigenvalue weighted by Gasteiger charge is -2.08. The molecule has 0 spiro atoms. The molecule has 0 amide bonds. The molecule has 80 valence electrons. The van der Waals surface area contributed by atoms with E-state index in [4.69, 9.17) is 5.26 Å². The Hall–Kier alpha value is -2.01. The van der Waals surface area contributed by atoms with Gasteiger partial charge >= 0.3 is 0 Å². The summed E-state index contributed by atoms with van der Waals surface area (Å²) in [5.41, 5.74) is 2.32. The van der Waals surface area contributed by atoms with E-state index in [1.165, 1.54) is 17.0 Å². The Morgan fingerprint density at radius 1 is 1.31 bits per heavy atom. The summed E-state index contributed by atoms with van der Waals surface area (Å²) in [6.07, 6.45) is 5.48. The van der Waals surface area contributed by atoms with Crippen LogP contribution < -0.4 is 0 Å². The van der Waals surface area contributed by atoms with E-state index in [0.717, 1.165) is 5.56 Å². The number of para-hydroxylation sites is 1. The van der Waals surface area contributed by atoms with E-state index in [1.54, 1.807) is 0 Å². The van der Waals surface area contributed by atoms with E-state index in [9.17, 15) is 0 Å². The van der Waals surface area contributed by atoms with Crippen LogP contribution in [0.2, 0.25) is 0 Å². The van der Waals surface area contributed by atoms with Gasteiger partial charge in [-0.15, -0.1) is 0 Å². The number of rotatable bonds is 2. The number of fused-ring (bicyclic) bond motifs is 1. The molecule has 0 aliphatic rings. The molecule has 2 nitrogen and oxygen atoms in total. The first-order chi connectivity index (χ1) is 7.74. The first kappa shape index (κ1) is 10.5. The second-order valence-corrected chi connectivity index (χ2v) is 4.07. The summed E-state index contributed by atoms with van der Waals surface area (Å²) in [5.74, 6) is 0. The van der Waals surface area contributed by atoms with Gasteiger partial charge in [0, 0.05) is 34.8 Å². The van der Waals surface area contributed by atoms with Crippen LogP contribution in [0, 0.1) is 11.3 Å². The fourth-order valence-electron chi connectivity index (χ4n) is 1.92. The fourth-order valence-corrected chi connectivity index (χ4v) is 1.92. The van der Waals surface area contributed by atoms with Gasteiger partial charge in [0.05, 0.1) is 6.07 Å². The molecule has 0 saturated heterocycles. The van der Waals surface area contributed by atoms with Crippen molar-refractivity contribution in [2.45, 2.75) is 19.9 Å². The molecule has 2 heteroatoms. The van der Waals surface area contributed by atoms with Gasteiger partial charge in [0.1, 0.15) is 0 Å². The summed E-state index contributed by atoms with van der Waals surface area (Å²) in [5, 5.41) is 9.77. The molecule has 0 fully saturated rings. The Labute approximate surface area is 95.4 Å².